The van der Waals surface area contributed by atoms with Crippen LogP contribution < -0.4 is 5.73 Å². The lowest BCUT2D eigenvalue weighted by Crippen LogP contribution is -2.17. The van der Waals surface area contributed by atoms with E-state index in [1.165, 1.54) is 0 Å². The standard InChI is InChI=1S/C12H10ClNO/c13-12(15)11(14)10-7-3-5-8-4-1-2-6-9(8)10/h1-7,11H,14H2. The van der Waals surface area contributed by atoms with Crippen molar-refractivity contribution in [2.24, 2.45) is 5.73 Å². The predicted molar refractivity (Wildman–Crippen MR) is 61.7 cm³/mol. The molecule has 0 aliphatic rings. The molecule has 76 valence electrons. The Balaban J connectivity index is 2.65. The van der Waals surface area contributed by atoms with Gasteiger partial charge in [0.1, 0.15) is 6.04 Å². The summed E-state index contributed by atoms with van der Waals surface area (Å²) in [5.41, 5.74) is 6.49. The minimum Gasteiger partial charge on any atom is -0.317 e. The van der Waals surface area contributed by atoms with E-state index in [4.69, 9.17) is 17.3 Å². The molecule has 0 saturated heterocycles. The zero-order valence-electron chi connectivity index (χ0n) is 7.98. The molecule has 1 atom stereocenters. The van der Waals surface area contributed by atoms with Gasteiger partial charge in [0.15, 0.2) is 0 Å². The number of rotatable bonds is 2. The number of carbonyl (C=O) groups excluding carboxylic acids is 1. The first-order valence-corrected chi connectivity index (χ1v) is 5.00. The number of hydrogen-bond acceptors (Lipinski definition) is 2. The van der Waals surface area contributed by atoms with E-state index < -0.39 is 11.3 Å². The molecule has 0 aliphatic carbocycles. The van der Waals surface area contributed by atoms with Crippen LogP contribution in [0.4, 0.5) is 0 Å². The minimum atomic E-state index is -0.752. The molecule has 0 aromatic heterocycles. The summed E-state index contributed by atoms with van der Waals surface area (Å²) >= 11 is 5.40. The third-order valence-corrected chi connectivity index (χ3v) is 2.64. The second kappa shape index (κ2) is 4.01. The van der Waals surface area contributed by atoms with Crippen molar-refractivity contribution in [3.05, 3.63) is 48.0 Å². The van der Waals surface area contributed by atoms with Crippen LogP contribution in [0.3, 0.4) is 0 Å². The van der Waals surface area contributed by atoms with Crippen LogP contribution in [0.15, 0.2) is 42.5 Å². The highest BCUT2D eigenvalue weighted by atomic mass is 35.5. The third-order valence-electron chi connectivity index (χ3n) is 2.40. The molecule has 0 spiro atoms. The van der Waals surface area contributed by atoms with Gasteiger partial charge in [-0.3, -0.25) is 4.79 Å². The molecule has 2 N–H and O–H groups in total. The van der Waals surface area contributed by atoms with Gasteiger partial charge in [-0.1, -0.05) is 42.5 Å². The lowest BCUT2D eigenvalue weighted by molar-refractivity contribution is -0.112. The van der Waals surface area contributed by atoms with E-state index in [2.05, 4.69) is 0 Å². The maximum absolute atomic E-state index is 11.0. The van der Waals surface area contributed by atoms with E-state index in [0.29, 0.717) is 0 Å². The number of carbonyl (C=O) groups is 1. The van der Waals surface area contributed by atoms with Gasteiger partial charge in [0.2, 0.25) is 5.24 Å². The second-order valence-corrected chi connectivity index (χ2v) is 3.72. The Labute approximate surface area is 92.6 Å². The fraction of sp³-hybridized carbons (Fsp3) is 0.0833. The van der Waals surface area contributed by atoms with Crippen molar-refractivity contribution in [3.8, 4) is 0 Å². The molecule has 0 heterocycles. The fourth-order valence-corrected chi connectivity index (χ4v) is 1.76. The van der Waals surface area contributed by atoms with Gasteiger partial charge < -0.3 is 5.73 Å². The van der Waals surface area contributed by atoms with Gasteiger partial charge in [-0.2, -0.15) is 0 Å². The molecule has 2 nitrogen and oxygen atoms in total. The molecule has 2 aromatic rings. The Kier molecular flexibility index (Phi) is 2.71. The maximum Gasteiger partial charge on any atom is 0.242 e. The fourth-order valence-electron chi connectivity index (χ4n) is 1.64. The van der Waals surface area contributed by atoms with Crippen LogP contribution in [0, 0.1) is 0 Å². The Hall–Kier alpha value is -1.38. The van der Waals surface area contributed by atoms with Crippen molar-refractivity contribution >= 4 is 27.6 Å². The van der Waals surface area contributed by atoms with Crippen LogP contribution in [0.25, 0.3) is 10.8 Å². The lowest BCUT2D eigenvalue weighted by Gasteiger charge is -2.10. The third kappa shape index (κ3) is 1.87. The van der Waals surface area contributed by atoms with Crippen molar-refractivity contribution in [2.75, 3.05) is 0 Å². The van der Waals surface area contributed by atoms with E-state index in [9.17, 15) is 4.79 Å². The zero-order chi connectivity index (χ0) is 10.8. The van der Waals surface area contributed by atoms with Crippen LogP contribution in [-0.2, 0) is 4.79 Å². The van der Waals surface area contributed by atoms with E-state index >= 15 is 0 Å². The van der Waals surface area contributed by atoms with Crippen molar-refractivity contribution in [1.82, 2.24) is 0 Å². The largest absolute Gasteiger partial charge is 0.317 e. The lowest BCUT2D eigenvalue weighted by atomic mass is 10.00. The summed E-state index contributed by atoms with van der Waals surface area (Å²) in [6, 6.07) is 12.7. The summed E-state index contributed by atoms with van der Waals surface area (Å²) in [5.74, 6) is 0. The Bertz CT molecular complexity index is 504. The van der Waals surface area contributed by atoms with Crippen molar-refractivity contribution in [2.45, 2.75) is 6.04 Å². The van der Waals surface area contributed by atoms with Crippen LogP contribution in [-0.4, -0.2) is 5.24 Å². The minimum absolute atomic E-state index is 0.536. The zero-order valence-corrected chi connectivity index (χ0v) is 8.74. The summed E-state index contributed by atoms with van der Waals surface area (Å²) in [5, 5.41) is 1.50. The molecule has 0 radical (unpaired) electrons. The molecule has 0 aliphatic heterocycles. The van der Waals surface area contributed by atoms with E-state index in [1.54, 1.807) is 0 Å². The summed E-state index contributed by atoms with van der Waals surface area (Å²) in [6.45, 7) is 0. The normalized spacial score (nSPS) is 12.7. The number of halogens is 1. The molecule has 15 heavy (non-hydrogen) atoms. The van der Waals surface area contributed by atoms with Gasteiger partial charge in [0.05, 0.1) is 0 Å². The SMILES string of the molecule is NC(C(=O)Cl)c1cccc2ccccc12. The highest BCUT2D eigenvalue weighted by molar-refractivity contribution is 6.64. The molecule has 1 unspecified atom stereocenters. The second-order valence-electron chi connectivity index (χ2n) is 3.35. The first kappa shape index (κ1) is 10.1. The van der Waals surface area contributed by atoms with Gasteiger partial charge in [0, 0.05) is 0 Å². The predicted octanol–water partition coefficient (Wildman–Crippen LogP) is 2.61. The highest BCUT2D eigenvalue weighted by Crippen LogP contribution is 2.23. The highest BCUT2D eigenvalue weighted by Gasteiger charge is 2.15. The van der Waals surface area contributed by atoms with E-state index in [-0.39, 0.29) is 0 Å². The molecular formula is C12H10ClNO. The van der Waals surface area contributed by atoms with Crippen molar-refractivity contribution in [3.63, 3.8) is 0 Å². The van der Waals surface area contributed by atoms with Crippen LogP contribution in [0.5, 0.6) is 0 Å². The Morgan fingerprint density at radius 2 is 1.80 bits per heavy atom. The van der Waals surface area contributed by atoms with Crippen LogP contribution >= 0.6 is 11.6 Å². The summed E-state index contributed by atoms with van der Waals surface area (Å²) in [6.07, 6.45) is 0. The summed E-state index contributed by atoms with van der Waals surface area (Å²) in [4.78, 5) is 11.0. The van der Waals surface area contributed by atoms with Crippen molar-refractivity contribution < 1.29 is 4.79 Å². The summed E-state index contributed by atoms with van der Waals surface area (Å²) in [7, 11) is 0. The first-order valence-electron chi connectivity index (χ1n) is 4.63. The van der Waals surface area contributed by atoms with Gasteiger partial charge in [-0.05, 0) is 27.9 Å². The monoisotopic (exact) mass is 219 g/mol. The van der Waals surface area contributed by atoms with E-state index in [0.717, 1.165) is 16.3 Å². The number of benzene rings is 2. The number of hydrogen-bond donors (Lipinski definition) is 1. The van der Waals surface area contributed by atoms with Gasteiger partial charge >= 0.3 is 0 Å². The van der Waals surface area contributed by atoms with Crippen molar-refractivity contribution in [1.29, 1.82) is 0 Å². The average Bonchev–Trinajstić information content (AvgIpc) is 2.27. The Morgan fingerprint density at radius 3 is 2.53 bits per heavy atom. The van der Waals surface area contributed by atoms with Gasteiger partial charge in [0.25, 0.3) is 0 Å². The van der Waals surface area contributed by atoms with Crippen LogP contribution in [0.2, 0.25) is 0 Å². The molecule has 0 bridgehead atoms. The van der Waals surface area contributed by atoms with E-state index in [1.807, 2.05) is 42.5 Å². The van der Waals surface area contributed by atoms with Gasteiger partial charge in [-0.25, -0.2) is 0 Å². The molecular weight excluding hydrogens is 210 g/mol. The maximum atomic E-state index is 11.0. The van der Waals surface area contributed by atoms with Gasteiger partial charge in [-0.15, -0.1) is 0 Å². The summed E-state index contributed by atoms with van der Waals surface area (Å²) < 4.78 is 0. The average molecular weight is 220 g/mol. The molecule has 0 fully saturated rings. The molecule has 0 saturated carbocycles. The molecule has 2 aromatic carbocycles. The number of fused-ring (bicyclic) bond motifs is 1. The smallest absolute Gasteiger partial charge is 0.242 e. The van der Waals surface area contributed by atoms with Crippen LogP contribution in [0.1, 0.15) is 11.6 Å². The molecule has 3 heteroatoms. The topological polar surface area (TPSA) is 43.1 Å². The number of nitrogens with two attached hydrogens (primary N) is 1. The first-order chi connectivity index (χ1) is 7.20. The quantitative estimate of drug-likeness (QED) is 0.789. The molecule has 0 amide bonds. The molecule has 2 rings (SSSR count). The Morgan fingerprint density at radius 1 is 1.13 bits per heavy atom.